The van der Waals surface area contributed by atoms with Crippen molar-refractivity contribution in [3.05, 3.63) is 26.2 Å². The first-order chi connectivity index (χ1) is 8.16. The molecule has 4 nitrogen and oxygen atoms in total. The minimum atomic E-state index is -0.262. The molecule has 1 fully saturated rings. The fourth-order valence-corrected chi connectivity index (χ4v) is 2.25. The molecule has 0 saturated carbocycles. The van der Waals surface area contributed by atoms with E-state index in [0.29, 0.717) is 19.8 Å². The lowest BCUT2D eigenvalue weighted by Crippen LogP contribution is -2.48. The van der Waals surface area contributed by atoms with Crippen LogP contribution >= 0.6 is 38.5 Å². The molecule has 6 heteroatoms. The van der Waals surface area contributed by atoms with Crippen molar-refractivity contribution in [3.8, 4) is 0 Å². The third-order valence-corrected chi connectivity index (χ3v) is 4.76. The number of morpholine rings is 1. The van der Waals surface area contributed by atoms with E-state index >= 15 is 0 Å². The van der Waals surface area contributed by atoms with Gasteiger partial charge in [0.05, 0.1) is 13.2 Å². The van der Waals surface area contributed by atoms with Crippen molar-refractivity contribution in [2.24, 2.45) is 0 Å². The monoisotopic (exact) mass is 410 g/mol. The highest BCUT2D eigenvalue weighted by Crippen LogP contribution is 2.22. The summed E-state index contributed by atoms with van der Waals surface area (Å²) >= 11 is 5.66. The van der Waals surface area contributed by atoms with Gasteiger partial charge in [0.25, 0.3) is 0 Å². The van der Waals surface area contributed by atoms with E-state index in [2.05, 4.69) is 49.2 Å². The molecule has 0 aromatic heterocycles. The topological polar surface area (TPSA) is 50.4 Å². The van der Waals surface area contributed by atoms with Gasteiger partial charge in [0, 0.05) is 20.3 Å². The average Bonchev–Trinajstić information content (AvgIpc) is 2.35. The summed E-state index contributed by atoms with van der Waals surface area (Å²) in [5, 5.41) is 5.98. The normalized spacial score (nSPS) is 20.0. The third kappa shape index (κ3) is 3.64. The Bertz CT molecular complexity index is 422. The van der Waals surface area contributed by atoms with Crippen LogP contribution in [0.2, 0.25) is 0 Å². The predicted molar refractivity (Wildman–Crippen MR) is 78.1 cm³/mol. The van der Waals surface area contributed by atoms with Crippen LogP contribution in [0.5, 0.6) is 0 Å². The van der Waals surface area contributed by atoms with E-state index in [4.69, 9.17) is 4.74 Å². The van der Waals surface area contributed by atoms with Gasteiger partial charge in [0.1, 0.15) is 6.04 Å². The van der Waals surface area contributed by atoms with Crippen molar-refractivity contribution in [1.29, 1.82) is 0 Å². The lowest BCUT2D eigenvalue weighted by atomic mass is 10.2. The Kier molecular flexibility index (Phi) is 4.78. The third-order valence-electron chi connectivity index (χ3n) is 2.43. The van der Waals surface area contributed by atoms with Crippen LogP contribution in [0.25, 0.3) is 0 Å². The fraction of sp³-hybridized carbons (Fsp3) is 0.364. The van der Waals surface area contributed by atoms with Gasteiger partial charge in [-0.2, -0.15) is 0 Å². The summed E-state index contributed by atoms with van der Waals surface area (Å²) in [5.41, 5.74) is 0.787. The molecule has 0 spiro atoms. The van der Waals surface area contributed by atoms with Crippen LogP contribution in [0.1, 0.15) is 0 Å². The van der Waals surface area contributed by atoms with Gasteiger partial charge < -0.3 is 15.4 Å². The van der Waals surface area contributed by atoms with Crippen LogP contribution in [0, 0.1) is 3.57 Å². The number of halogens is 2. The van der Waals surface area contributed by atoms with Crippen LogP contribution in [0.15, 0.2) is 22.7 Å². The molecule has 1 amide bonds. The van der Waals surface area contributed by atoms with E-state index in [9.17, 15) is 4.79 Å². The van der Waals surface area contributed by atoms with Crippen LogP contribution < -0.4 is 10.6 Å². The largest absolute Gasteiger partial charge is 0.378 e. The maximum atomic E-state index is 11.9. The maximum absolute atomic E-state index is 11.9. The second kappa shape index (κ2) is 6.12. The molecule has 2 N–H and O–H groups in total. The van der Waals surface area contributed by atoms with E-state index in [1.54, 1.807) is 0 Å². The number of anilines is 1. The van der Waals surface area contributed by atoms with Gasteiger partial charge >= 0.3 is 0 Å². The number of rotatable bonds is 2. The molecule has 0 bridgehead atoms. The molecule has 1 unspecified atom stereocenters. The highest BCUT2D eigenvalue weighted by molar-refractivity contribution is 14.1. The Hall–Kier alpha value is -0.180. The summed E-state index contributed by atoms with van der Waals surface area (Å²) in [6, 6.07) is 5.46. The molecular formula is C11H12BrIN2O2. The first-order valence-corrected chi connectivity index (χ1v) is 7.11. The molecule has 1 aromatic carbocycles. The van der Waals surface area contributed by atoms with Crippen molar-refractivity contribution in [2.75, 3.05) is 25.1 Å². The molecule has 92 valence electrons. The highest BCUT2D eigenvalue weighted by atomic mass is 127. The maximum Gasteiger partial charge on any atom is 0.243 e. The molecule has 1 aliphatic rings. The summed E-state index contributed by atoms with van der Waals surface area (Å²) in [7, 11) is 0. The molecule has 1 heterocycles. The number of nitrogens with one attached hydrogen (secondary N) is 2. The lowest BCUT2D eigenvalue weighted by molar-refractivity contribution is -0.120. The van der Waals surface area contributed by atoms with Crippen LogP contribution in [0.3, 0.4) is 0 Å². The Balaban J connectivity index is 1.99. The number of ether oxygens (including phenoxy) is 1. The van der Waals surface area contributed by atoms with Gasteiger partial charge in [-0.25, -0.2) is 0 Å². The Morgan fingerprint density at radius 1 is 1.59 bits per heavy atom. The average molecular weight is 411 g/mol. The number of hydrogen-bond acceptors (Lipinski definition) is 3. The molecule has 1 saturated heterocycles. The summed E-state index contributed by atoms with van der Waals surface area (Å²) < 4.78 is 7.34. The number of carbonyl (C=O) groups is 1. The second-order valence-electron chi connectivity index (χ2n) is 3.70. The zero-order chi connectivity index (χ0) is 12.3. The summed E-state index contributed by atoms with van der Waals surface area (Å²) in [6.45, 7) is 1.81. The molecule has 0 aliphatic carbocycles. The SMILES string of the molecule is O=C(Nc1ccc(I)c(Br)c1)C1COCCN1. The molecule has 1 atom stereocenters. The molecule has 2 rings (SSSR count). The first kappa shape index (κ1) is 13.3. The van der Waals surface area contributed by atoms with E-state index in [1.165, 1.54) is 0 Å². The van der Waals surface area contributed by atoms with Crippen molar-refractivity contribution in [3.63, 3.8) is 0 Å². The van der Waals surface area contributed by atoms with Gasteiger partial charge in [0.2, 0.25) is 5.91 Å². The first-order valence-electron chi connectivity index (χ1n) is 5.24. The number of benzene rings is 1. The Morgan fingerprint density at radius 2 is 2.41 bits per heavy atom. The van der Waals surface area contributed by atoms with Crippen molar-refractivity contribution >= 4 is 50.1 Å². The van der Waals surface area contributed by atoms with Crippen LogP contribution in [-0.2, 0) is 9.53 Å². The quantitative estimate of drug-likeness (QED) is 0.733. The molecule has 17 heavy (non-hydrogen) atoms. The fourth-order valence-electron chi connectivity index (χ4n) is 1.54. The summed E-state index contributed by atoms with van der Waals surface area (Å²) in [6.07, 6.45) is 0. The molecular weight excluding hydrogens is 399 g/mol. The van der Waals surface area contributed by atoms with E-state index < -0.39 is 0 Å². The van der Waals surface area contributed by atoms with Gasteiger partial charge in [-0.3, -0.25) is 4.79 Å². The highest BCUT2D eigenvalue weighted by Gasteiger charge is 2.21. The van der Waals surface area contributed by atoms with Crippen molar-refractivity contribution in [1.82, 2.24) is 5.32 Å². The minimum absolute atomic E-state index is 0.0576. The lowest BCUT2D eigenvalue weighted by Gasteiger charge is -2.22. The smallest absolute Gasteiger partial charge is 0.243 e. The number of amides is 1. The molecule has 1 aromatic rings. The van der Waals surface area contributed by atoms with Crippen LogP contribution in [-0.4, -0.2) is 31.7 Å². The van der Waals surface area contributed by atoms with Gasteiger partial charge in [-0.05, 0) is 56.7 Å². The zero-order valence-electron chi connectivity index (χ0n) is 9.00. The van der Waals surface area contributed by atoms with E-state index in [-0.39, 0.29) is 11.9 Å². The number of hydrogen-bond donors (Lipinski definition) is 2. The molecule has 1 aliphatic heterocycles. The Morgan fingerprint density at radius 3 is 3.06 bits per heavy atom. The van der Waals surface area contributed by atoms with Gasteiger partial charge in [-0.15, -0.1) is 0 Å². The second-order valence-corrected chi connectivity index (χ2v) is 5.72. The summed E-state index contributed by atoms with van der Waals surface area (Å²) in [4.78, 5) is 11.9. The summed E-state index contributed by atoms with van der Waals surface area (Å²) in [5.74, 6) is -0.0576. The molecule has 0 radical (unpaired) electrons. The van der Waals surface area contributed by atoms with Crippen molar-refractivity contribution in [2.45, 2.75) is 6.04 Å². The van der Waals surface area contributed by atoms with Gasteiger partial charge in [-0.1, -0.05) is 0 Å². The van der Waals surface area contributed by atoms with Crippen LogP contribution in [0.4, 0.5) is 5.69 Å². The standard InChI is InChI=1S/C11H12BrIN2O2/c12-8-5-7(1-2-9(8)13)15-11(16)10-6-17-4-3-14-10/h1-2,5,10,14H,3-4,6H2,(H,15,16). The van der Waals surface area contributed by atoms with Crippen molar-refractivity contribution < 1.29 is 9.53 Å². The Labute approximate surface area is 122 Å². The zero-order valence-corrected chi connectivity index (χ0v) is 12.7. The van der Waals surface area contributed by atoms with E-state index in [1.807, 2.05) is 18.2 Å². The van der Waals surface area contributed by atoms with Gasteiger partial charge in [0.15, 0.2) is 0 Å². The number of carbonyl (C=O) groups excluding carboxylic acids is 1. The minimum Gasteiger partial charge on any atom is -0.378 e. The predicted octanol–water partition coefficient (Wildman–Crippen LogP) is 1.98. The van der Waals surface area contributed by atoms with E-state index in [0.717, 1.165) is 13.7 Å².